The minimum atomic E-state index is -1.02. The predicted molar refractivity (Wildman–Crippen MR) is 162 cm³/mol. The fourth-order valence-corrected chi connectivity index (χ4v) is 9.23. The Morgan fingerprint density at radius 1 is 1.02 bits per heavy atom. The van der Waals surface area contributed by atoms with Crippen molar-refractivity contribution >= 4 is 33.1 Å². The number of aryl methyl sites for hydroxylation is 1. The molecule has 1 amide bonds. The number of hydrogen-bond acceptors (Lipinski definition) is 7. The number of nitrogens with zero attached hydrogens (tertiary/aromatic N) is 4. The van der Waals surface area contributed by atoms with Crippen LogP contribution in [0.25, 0.3) is 21.3 Å². The van der Waals surface area contributed by atoms with Crippen LogP contribution < -0.4 is 4.90 Å². The van der Waals surface area contributed by atoms with Gasteiger partial charge in [-0.3, -0.25) is 4.79 Å². The van der Waals surface area contributed by atoms with Crippen molar-refractivity contribution in [3.05, 3.63) is 59.2 Å². The maximum absolute atomic E-state index is 14.4. The molecule has 7 nitrogen and oxygen atoms in total. The number of aromatic nitrogens is 3. The molecule has 222 valence electrons. The van der Waals surface area contributed by atoms with Crippen LogP contribution in [-0.4, -0.2) is 39.9 Å². The van der Waals surface area contributed by atoms with Crippen LogP contribution in [0.3, 0.4) is 0 Å². The maximum Gasteiger partial charge on any atom is 0.258 e. The van der Waals surface area contributed by atoms with Crippen molar-refractivity contribution in [1.82, 2.24) is 15.1 Å². The average molecular weight is 599 g/mol. The summed E-state index contributed by atoms with van der Waals surface area (Å²) in [7, 11) is 0. The first-order chi connectivity index (χ1) is 20.7. The number of anilines is 1. The van der Waals surface area contributed by atoms with Crippen molar-refractivity contribution < 1.29 is 18.4 Å². The number of amides is 1. The van der Waals surface area contributed by atoms with E-state index in [9.17, 15) is 9.18 Å². The minimum Gasteiger partial charge on any atom is -0.364 e. The van der Waals surface area contributed by atoms with Gasteiger partial charge in [-0.1, -0.05) is 23.4 Å². The average Bonchev–Trinajstić information content (AvgIpc) is 3.58. The van der Waals surface area contributed by atoms with Crippen molar-refractivity contribution in [1.29, 1.82) is 0 Å². The highest BCUT2D eigenvalue weighted by Crippen LogP contribution is 2.71. The van der Waals surface area contributed by atoms with Gasteiger partial charge in [0.1, 0.15) is 11.3 Å². The fraction of sp³-hybridized carbons (Fsp3) is 0.529. The van der Waals surface area contributed by atoms with E-state index in [4.69, 9.17) is 14.2 Å². The number of carbonyl (C=O) groups excluding carboxylic acids is 1. The van der Waals surface area contributed by atoms with Crippen LogP contribution in [0.4, 0.5) is 10.1 Å². The Kier molecular flexibility index (Phi) is 5.46. The first-order valence-electron chi connectivity index (χ1n) is 15.7. The van der Waals surface area contributed by atoms with Gasteiger partial charge in [0.2, 0.25) is 5.91 Å². The molecule has 9 heteroatoms. The molecule has 0 radical (unpaired) electrons. The molecule has 0 N–H and O–H groups in total. The third kappa shape index (κ3) is 4.29. The molecule has 7 aliphatic rings. The lowest BCUT2D eigenvalue weighted by Crippen LogP contribution is -2.65. The van der Waals surface area contributed by atoms with Gasteiger partial charge in [-0.05, 0) is 106 Å². The number of thiazole rings is 1. The van der Waals surface area contributed by atoms with Crippen LogP contribution in [0.1, 0.15) is 86.8 Å². The second-order valence-electron chi connectivity index (χ2n) is 14.3. The van der Waals surface area contributed by atoms with Gasteiger partial charge in [-0.15, -0.1) is 11.3 Å². The second-order valence-corrected chi connectivity index (χ2v) is 15.6. The molecule has 4 bridgehead atoms. The van der Waals surface area contributed by atoms with E-state index in [0.717, 1.165) is 76.4 Å². The van der Waals surface area contributed by atoms with Crippen LogP contribution in [0.15, 0.2) is 47.0 Å². The summed E-state index contributed by atoms with van der Waals surface area (Å²) in [4.78, 5) is 25.5. The third-order valence-corrected chi connectivity index (χ3v) is 11.9. The van der Waals surface area contributed by atoms with E-state index in [-0.39, 0.29) is 16.7 Å². The second kappa shape index (κ2) is 8.94. The van der Waals surface area contributed by atoms with E-state index >= 15 is 0 Å². The molecule has 2 saturated heterocycles. The van der Waals surface area contributed by atoms with Crippen LogP contribution in [0.2, 0.25) is 0 Å². The molecule has 4 heterocycles. The van der Waals surface area contributed by atoms with E-state index in [1.54, 1.807) is 11.3 Å². The quantitative estimate of drug-likeness (QED) is 0.207. The van der Waals surface area contributed by atoms with Crippen LogP contribution >= 0.6 is 11.3 Å². The largest absolute Gasteiger partial charge is 0.364 e. The molecule has 0 atom stereocenters. The van der Waals surface area contributed by atoms with Gasteiger partial charge in [0.05, 0.1) is 21.8 Å². The smallest absolute Gasteiger partial charge is 0.258 e. The zero-order chi connectivity index (χ0) is 29.0. The van der Waals surface area contributed by atoms with Gasteiger partial charge in [0.15, 0.2) is 5.82 Å². The molecule has 11 rings (SSSR count). The number of alkyl halides is 1. The van der Waals surface area contributed by atoms with Gasteiger partial charge in [-0.25, -0.2) is 9.37 Å². The molecule has 5 aliphatic carbocycles. The Bertz CT molecular complexity index is 1730. The van der Waals surface area contributed by atoms with Crippen LogP contribution in [0.5, 0.6) is 0 Å². The number of hydrogen-bond donors (Lipinski definition) is 0. The summed E-state index contributed by atoms with van der Waals surface area (Å²) in [6, 6.07) is 14.7. The topological polar surface area (TPSA) is 81.3 Å². The van der Waals surface area contributed by atoms with Gasteiger partial charge in [-0.2, -0.15) is 4.98 Å². The molecule has 2 aromatic heterocycles. The summed E-state index contributed by atoms with van der Waals surface area (Å²) in [5.74, 6) is 1.98. The zero-order valence-electron chi connectivity index (χ0n) is 24.4. The third-order valence-electron chi connectivity index (χ3n) is 10.9. The summed E-state index contributed by atoms with van der Waals surface area (Å²) in [6.07, 6.45) is 7.72. The van der Waals surface area contributed by atoms with E-state index in [0.29, 0.717) is 50.6 Å². The highest BCUT2D eigenvalue weighted by molar-refractivity contribution is 7.18. The van der Waals surface area contributed by atoms with Crippen molar-refractivity contribution in [2.24, 2.45) is 10.8 Å². The molecule has 0 unspecified atom stereocenters. The van der Waals surface area contributed by atoms with Crippen LogP contribution in [0, 0.1) is 17.8 Å². The monoisotopic (exact) mass is 598 g/mol. The Morgan fingerprint density at radius 2 is 1.81 bits per heavy atom. The molecule has 43 heavy (non-hydrogen) atoms. The normalized spacial score (nSPS) is 32.4. The Morgan fingerprint density at radius 3 is 2.53 bits per heavy atom. The van der Waals surface area contributed by atoms with E-state index in [1.165, 1.54) is 0 Å². The predicted octanol–water partition coefficient (Wildman–Crippen LogP) is 7.63. The number of rotatable bonds is 8. The molecule has 4 aromatic rings. The van der Waals surface area contributed by atoms with Gasteiger partial charge in [0, 0.05) is 30.0 Å². The molecule has 5 saturated carbocycles. The van der Waals surface area contributed by atoms with Crippen molar-refractivity contribution in [2.45, 2.75) is 88.3 Å². The summed E-state index contributed by atoms with van der Waals surface area (Å²) < 4.78 is 27.9. The van der Waals surface area contributed by atoms with E-state index in [2.05, 4.69) is 40.5 Å². The Hall–Kier alpha value is -3.17. The number of ether oxygens (including phenoxy) is 1. The summed E-state index contributed by atoms with van der Waals surface area (Å²) in [5.41, 5.74) is 2.25. The Balaban J connectivity index is 0.999. The summed E-state index contributed by atoms with van der Waals surface area (Å²) >= 11 is 1.69. The molecule has 2 aliphatic heterocycles. The van der Waals surface area contributed by atoms with Gasteiger partial charge < -0.3 is 14.2 Å². The minimum absolute atomic E-state index is 0.0928. The fourth-order valence-electron chi connectivity index (χ4n) is 8.37. The first-order valence-corrected chi connectivity index (χ1v) is 16.5. The van der Waals surface area contributed by atoms with E-state index < -0.39 is 11.3 Å². The zero-order valence-corrected chi connectivity index (χ0v) is 25.2. The lowest BCUT2D eigenvalue weighted by atomic mass is 9.41. The van der Waals surface area contributed by atoms with E-state index in [1.807, 2.05) is 24.0 Å². The summed E-state index contributed by atoms with van der Waals surface area (Å²) in [6.45, 7) is 3.17. The molecule has 2 aromatic carbocycles. The highest BCUT2D eigenvalue weighted by atomic mass is 32.1. The van der Waals surface area contributed by atoms with Crippen molar-refractivity contribution in [3.63, 3.8) is 0 Å². The maximum atomic E-state index is 14.4. The lowest BCUT2D eigenvalue weighted by Gasteiger charge is -2.66. The van der Waals surface area contributed by atoms with Gasteiger partial charge >= 0.3 is 0 Å². The lowest BCUT2D eigenvalue weighted by molar-refractivity contribution is -0.215. The standard InChI is InChI=1S/C34H35FN4O3S/c1-21-36-26-8-7-24(14-27(26)43-21)23-3-2-4-25(13-23)39(28(40)15-32-16-33(35,17-32)18-32)19-31-9-11-34(12-10-31,41-20-31)30-37-29(38-42-30)22-5-6-22/h2-4,7-8,13-14,22H,5-6,9-12,15-20H2,1H3. The van der Waals surface area contributed by atoms with Gasteiger partial charge in [0.25, 0.3) is 5.89 Å². The molecule has 0 spiro atoms. The first kappa shape index (κ1) is 26.3. The van der Waals surface area contributed by atoms with Crippen molar-refractivity contribution in [2.75, 3.05) is 18.1 Å². The molecular formula is C34H35FN4O3S. The SMILES string of the molecule is Cc1nc2ccc(-c3cccc(N(CC45CCC(c6nc(C7CC7)no6)(CC4)OC5)C(=O)CC45CC(F)(C4)C5)c3)cc2s1. The number of halogens is 1. The number of fused-ring (bicyclic) bond motifs is 4. The Labute approximate surface area is 253 Å². The molecule has 7 fully saturated rings. The number of benzene rings is 2. The van der Waals surface area contributed by atoms with Crippen LogP contribution in [-0.2, 0) is 15.1 Å². The molecular weight excluding hydrogens is 563 g/mol. The number of carbonyl (C=O) groups is 1. The highest BCUT2D eigenvalue weighted by Gasteiger charge is 2.69. The summed E-state index contributed by atoms with van der Waals surface area (Å²) in [5, 5.41) is 5.30. The van der Waals surface area contributed by atoms with Crippen molar-refractivity contribution in [3.8, 4) is 11.1 Å².